The van der Waals surface area contributed by atoms with E-state index in [1.54, 1.807) is 0 Å². The Balaban J connectivity index is 0.00000441. The van der Waals surface area contributed by atoms with E-state index in [9.17, 15) is 13.2 Å². The van der Waals surface area contributed by atoms with E-state index in [4.69, 9.17) is 10.5 Å². The smallest absolute Gasteiger partial charge is 0.251 e. The first-order valence-corrected chi connectivity index (χ1v) is 8.37. The molecule has 0 aromatic heterocycles. The molecule has 1 rings (SSSR count). The second-order valence-corrected chi connectivity index (χ2v) is 6.97. The molecule has 126 valence electrons. The Morgan fingerprint density at radius 3 is 2.41 bits per heavy atom. The molecule has 0 saturated carbocycles. The molecular formula is C14H23ClN2O4S. The number of hydrogen-bond acceptors (Lipinski definition) is 5. The number of benzene rings is 1. The van der Waals surface area contributed by atoms with Crippen LogP contribution in [0.15, 0.2) is 29.2 Å². The van der Waals surface area contributed by atoms with Gasteiger partial charge < -0.3 is 15.8 Å². The minimum absolute atomic E-state index is 0. The Morgan fingerprint density at radius 1 is 1.32 bits per heavy atom. The molecule has 0 aliphatic carbocycles. The molecule has 1 amide bonds. The van der Waals surface area contributed by atoms with Gasteiger partial charge in [0.05, 0.1) is 17.3 Å². The normalized spacial score (nSPS) is 12.3. The fraction of sp³-hybridized carbons (Fsp3) is 0.500. The van der Waals surface area contributed by atoms with Crippen molar-refractivity contribution < 1.29 is 17.9 Å². The molecule has 1 atom stereocenters. The van der Waals surface area contributed by atoms with Crippen LogP contribution in [0.25, 0.3) is 0 Å². The molecule has 0 bridgehead atoms. The van der Waals surface area contributed by atoms with Crippen molar-refractivity contribution >= 4 is 28.2 Å². The highest BCUT2D eigenvalue weighted by Gasteiger charge is 2.14. The van der Waals surface area contributed by atoms with E-state index in [2.05, 4.69) is 5.32 Å². The predicted octanol–water partition coefficient (Wildman–Crippen LogP) is 0.996. The monoisotopic (exact) mass is 350 g/mol. The van der Waals surface area contributed by atoms with Gasteiger partial charge in [-0.3, -0.25) is 4.79 Å². The van der Waals surface area contributed by atoms with Crippen LogP contribution in [0.4, 0.5) is 0 Å². The SMILES string of the molecule is COCCS(=O)(=O)c1ccc(C(=O)NCCC(C)N)cc1.Cl. The topological polar surface area (TPSA) is 98.5 Å². The first kappa shape index (κ1) is 20.9. The number of halogens is 1. The highest BCUT2D eigenvalue weighted by Crippen LogP contribution is 2.12. The summed E-state index contributed by atoms with van der Waals surface area (Å²) >= 11 is 0. The maximum absolute atomic E-state index is 11.9. The Morgan fingerprint density at radius 2 is 1.91 bits per heavy atom. The molecule has 6 nitrogen and oxygen atoms in total. The molecule has 0 fully saturated rings. The predicted molar refractivity (Wildman–Crippen MR) is 88.2 cm³/mol. The van der Waals surface area contributed by atoms with Crippen molar-refractivity contribution in [2.24, 2.45) is 5.73 Å². The van der Waals surface area contributed by atoms with Gasteiger partial charge in [-0.15, -0.1) is 12.4 Å². The molecule has 0 spiro atoms. The number of carbonyl (C=O) groups excluding carboxylic acids is 1. The van der Waals surface area contributed by atoms with E-state index in [1.165, 1.54) is 31.4 Å². The molecule has 8 heteroatoms. The lowest BCUT2D eigenvalue weighted by molar-refractivity contribution is 0.0952. The molecule has 0 radical (unpaired) electrons. The van der Waals surface area contributed by atoms with Crippen LogP contribution in [0.2, 0.25) is 0 Å². The van der Waals surface area contributed by atoms with Gasteiger partial charge in [0.2, 0.25) is 0 Å². The van der Waals surface area contributed by atoms with Crippen molar-refractivity contribution in [1.82, 2.24) is 5.32 Å². The standard InChI is InChI=1S/C14H22N2O4S.ClH/c1-11(15)7-8-16-14(17)12-3-5-13(6-4-12)21(18,19)10-9-20-2;/h3-6,11H,7-10,15H2,1-2H3,(H,16,17);1H. The summed E-state index contributed by atoms with van der Waals surface area (Å²) in [6, 6.07) is 5.90. The Kier molecular flexibility index (Phi) is 9.27. The molecule has 1 aromatic rings. The molecule has 1 unspecified atom stereocenters. The number of sulfone groups is 1. The highest BCUT2D eigenvalue weighted by molar-refractivity contribution is 7.91. The minimum atomic E-state index is -3.37. The van der Waals surface area contributed by atoms with Crippen LogP contribution >= 0.6 is 12.4 Å². The van der Waals surface area contributed by atoms with Crippen LogP contribution < -0.4 is 11.1 Å². The van der Waals surface area contributed by atoms with Crippen LogP contribution in [-0.4, -0.2) is 46.4 Å². The number of carbonyl (C=O) groups is 1. The number of nitrogens with one attached hydrogen (secondary N) is 1. The average molecular weight is 351 g/mol. The lowest BCUT2D eigenvalue weighted by Crippen LogP contribution is -2.28. The van der Waals surface area contributed by atoms with E-state index in [0.29, 0.717) is 18.5 Å². The summed E-state index contributed by atoms with van der Waals surface area (Å²) in [6.07, 6.45) is 0.690. The second kappa shape index (κ2) is 9.78. The van der Waals surface area contributed by atoms with E-state index >= 15 is 0 Å². The van der Waals surface area contributed by atoms with E-state index in [0.717, 1.165) is 0 Å². The number of hydrogen-bond donors (Lipinski definition) is 2. The zero-order valence-corrected chi connectivity index (χ0v) is 14.4. The summed E-state index contributed by atoms with van der Waals surface area (Å²) in [6.45, 7) is 2.50. The van der Waals surface area contributed by atoms with Gasteiger partial charge >= 0.3 is 0 Å². The van der Waals surface area contributed by atoms with Crippen LogP contribution in [0.3, 0.4) is 0 Å². The molecule has 0 aliphatic heterocycles. The van der Waals surface area contributed by atoms with Gasteiger partial charge in [0.1, 0.15) is 0 Å². The summed E-state index contributed by atoms with van der Waals surface area (Å²) in [4.78, 5) is 12.0. The summed E-state index contributed by atoms with van der Waals surface area (Å²) < 4.78 is 28.6. The van der Waals surface area contributed by atoms with Gasteiger partial charge in [0.15, 0.2) is 9.84 Å². The maximum Gasteiger partial charge on any atom is 0.251 e. The lowest BCUT2D eigenvalue weighted by Gasteiger charge is -2.08. The van der Waals surface area contributed by atoms with Gasteiger partial charge in [-0.2, -0.15) is 0 Å². The molecule has 0 heterocycles. The summed E-state index contributed by atoms with van der Waals surface area (Å²) in [5.74, 6) is -0.319. The van der Waals surface area contributed by atoms with E-state index in [-0.39, 0.29) is 41.6 Å². The van der Waals surface area contributed by atoms with Gasteiger partial charge in [0, 0.05) is 25.3 Å². The number of methoxy groups -OCH3 is 1. The Labute approximate surface area is 137 Å². The zero-order valence-electron chi connectivity index (χ0n) is 12.7. The average Bonchev–Trinajstić information content (AvgIpc) is 2.45. The molecular weight excluding hydrogens is 328 g/mol. The zero-order chi connectivity index (χ0) is 15.9. The maximum atomic E-state index is 11.9. The largest absolute Gasteiger partial charge is 0.384 e. The van der Waals surface area contributed by atoms with Gasteiger partial charge in [-0.25, -0.2) is 8.42 Å². The van der Waals surface area contributed by atoms with Gasteiger partial charge in [0.25, 0.3) is 5.91 Å². The number of rotatable bonds is 8. The van der Waals surface area contributed by atoms with Crippen LogP contribution in [-0.2, 0) is 14.6 Å². The third-order valence-electron chi connectivity index (χ3n) is 2.92. The molecule has 22 heavy (non-hydrogen) atoms. The molecule has 0 saturated heterocycles. The molecule has 0 aliphatic rings. The van der Waals surface area contributed by atoms with Gasteiger partial charge in [-0.1, -0.05) is 0 Å². The van der Waals surface area contributed by atoms with E-state index in [1.807, 2.05) is 6.92 Å². The van der Waals surface area contributed by atoms with Crippen LogP contribution in [0.5, 0.6) is 0 Å². The summed E-state index contributed by atoms with van der Waals surface area (Å²) in [7, 11) is -1.92. The fourth-order valence-electron chi connectivity index (χ4n) is 1.64. The Hall–Kier alpha value is -1.15. The Bertz CT molecular complexity index is 559. The lowest BCUT2D eigenvalue weighted by atomic mass is 10.2. The molecule has 3 N–H and O–H groups in total. The van der Waals surface area contributed by atoms with E-state index < -0.39 is 9.84 Å². The third kappa shape index (κ3) is 6.74. The summed E-state index contributed by atoms with van der Waals surface area (Å²) in [5.41, 5.74) is 6.02. The van der Waals surface area contributed by atoms with Crippen molar-refractivity contribution in [3.05, 3.63) is 29.8 Å². The fourth-order valence-corrected chi connectivity index (χ4v) is 2.81. The number of nitrogens with two attached hydrogens (primary N) is 1. The number of amides is 1. The van der Waals surface area contributed by atoms with Crippen molar-refractivity contribution in [1.29, 1.82) is 0 Å². The minimum Gasteiger partial charge on any atom is -0.384 e. The van der Waals surface area contributed by atoms with Crippen molar-refractivity contribution in [2.75, 3.05) is 26.0 Å². The van der Waals surface area contributed by atoms with Crippen LogP contribution in [0.1, 0.15) is 23.7 Å². The molecule has 1 aromatic carbocycles. The third-order valence-corrected chi connectivity index (χ3v) is 4.61. The first-order chi connectivity index (χ1) is 9.86. The van der Waals surface area contributed by atoms with Crippen molar-refractivity contribution in [2.45, 2.75) is 24.3 Å². The first-order valence-electron chi connectivity index (χ1n) is 6.72. The highest BCUT2D eigenvalue weighted by atomic mass is 35.5. The van der Waals surface area contributed by atoms with Gasteiger partial charge in [-0.05, 0) is 37.6 Å². The van der Waals surface area contributed by atoms with Crippen LogP contribution in [0, 0.1) is 0 Å². The second-order valence-electron chi connectivity index (χ2n) is 4.86. The summed E-state index contributed by atoms with van der Waals surface area (Å²) in [5, 5.41) is 2.73. The quantitative estimate of drug-likeness (QED) is 0.728. The number of ether oxygens (including phenoxy) is 1. The van der Waals surface area contributed by atoms with Crippen molar-refractivity contribution in [3.8, 4) is 0 Å². The van der Waals surface area contributed by atoms with Crippen molar-refractivity contribution in [3.63, 3.8) is 0 Å².